The van der Waals surface area contributed by atoms with Gasteiger partial charge in [0.1, 0.15) is 24.2 Å². The summed E-state index contributed by atoms with van der Waals surface area (Å²) in [7, 11) is 1.43. The molecule has 1 N–H and O–H groups in total. The molecule has 1 amide bonds. The van der Waals surface area contributed by atoms with E-state index in [0.717, 1.165) is 49.0 Å². The highest BCUT2D eigenvalue weighted by atomic mass is 19.1. The minimum Gasteiger partial charge on any atom is -0.487 e. The minimum atomic E-state index is -0.394. The first-order valence-corrected chi connectivity index (χ1v) is 10.5. The molecule has 31 heavy (non-hydrogen) atoms. The van der Waals surface area contributed by atoms with E-state index in [0.29, 0.717) is 29.2 Å². The molecule has 3 heterocycles. The number of nitrogens with one attached hydrogen (secondary N) is 1. The second kappa shape index (κ2) is 7.81. The fraction of sp³-hybridized carbons (Fsp3) is 0.333. The van der Waals surface area contributed by atoms with E-state index in [4.69, 9.17) is 9.47 Å². The summed E-state index contributed by atoms with van der Waals surface area (Å²) in [6.45, 7) is 2.05. The number of esters is 1. The average molecular weight is 422 g/mol. The van der Waals surface area contributed by atoms with E-state index in [1.165, 1.54) is 19.2 Å². The number of amides is 1. The predicted molar refractivity (Wildman–Crippen MR) is 113 cm³/mol. The van der Waals surface area contributed by atoms with Gasteiger partial charge in [0, 0.05) is 28.9 Å². The first kappa shape index (κ1) is 19.8. The van der Waals surface area contributed by atoms with Crippen LogP contribution < -0.4 is 5.32 Å². The highest BCUT2D eigenvalue weighted by Crippen LogP contribution is 2.42. The number of methoxy groups -OCH3 is 1. The molecular formula is C24H23FN2O4. The molecule has 1 fully saturated rings. The van der Waals surface area contributed by atoms with Crippen LogP contribution >= 0.6 is 0 Å². The first-order valence-electron chi connectivity index (χ1n) is 10.5. The Labute approximate surface area is 179 Å². The molecule has 3 aliphatic rings. The second-order valence-electron chi connectivity index (χ2n) is 8.10. The molecule has 2 aromatic rings. The van der Waals surface area contributed by atoms with Gasteiger partial charge in [0.2, 0.25) is 0 Å². The maximum atomic E-state index is 13.8. The van der Waals surface area contributed by atoms with E-state index < -0.39 is 5.82 Å². The number of likely N-dealkylation sites (tertiary alicyclic amines) is 1. The number of hydrogen-bond acceptors (Lipinski definition) is 5. The fourth-order valence-electron chi connectivity index (χ4n) is 4.71. The van der Waals surface area contributed by atoms with Gasteiger partial charge in [-0.25, -0.2) is 4.39 Å². The molecule has 1 atom stereocenters. The monoisotopic (exact) mass is 422 g/mol. The van der Waals surface area contributed by atoms with Gasteiger partial charge >= 0.3 is 5.97 Å². The van der Waals surface area contributed by atoms with Crippen molar-refractivity contribution in [3.8, 4) is 0 Å². The Kier molecular flexibility index (Phi) is 4.98. The number of halogens is 1. The van der Waals surface area contributed by atoms with E-state index in [1.54, 1.807) is 6.07 Å². The lowest BCUT2D eigenvalue weighted by atomic mass is 9.98. The Morgan fingerprint density at radius 2 is 2.13 bits per heavy atom. The third kappa shape index (κ3) is 3.49. The van der Waals surface area contributed by atoms with Crippen molar-refractivity contribution in [1.29, 1.82) is 0 Å². The van der Waals surface area contributed by atoms with Gasteiger partial charge in [-0.2, -0.15) is 0 Å². The fourth-order valence-corrected chi connectivity index (χ4v) is 4.71. The summed E-state index contributed by atoms with van der Waals surface area (Å²) in [5.41, 5.74) is 4.50. The number of hydrogen-bond donors (Lipinski definition) is 1. The van der Waals surface area contributed by atoms with E-state index in [-0.39, 0.29) is 17.9 Å². The van der Waals surface area contributed by atoms with E-state index in [9.17, 15) is 14.0 Å². The van der Waals surface area contributed by atoms with Gasteiger partial charge in [-0.05, 0) is 49.6 Å². The number of nitrogens with zero attached hydrogens (tertiary/aromatic N) is 1. The molecule has 0 spiro atoms. The lowest BCUT2D eigenvalue weighted by Gasteiger charge is -2.22. The van der Waals surface area contributed by atoms with Gasteiger partial charge in [-0.1, -0.05) is 18.2 Å². The van der Waals surface area contributed by atoms with Crippen LogP contribution in [-0.4, -0.2) is 43.0 Å². The smallest absolute Gasteiger partial charge is 0.323 e. The highest BCUT2D eigenvalue weighted by molar-refractivity contribution is 6.36. The van der Waals surface area contributed by atoms with Crippen LogP contribution in [0.25, 0.3) is 11.3 Å². The first-order chi connectivity index (χ1) is 15.0. The molecular weight excluding hydrogens is 399 g/mol. The number of rotatable bonds is 4. The van der Waals surface area contributed by atoms with Crippen molar-refractivity contribution >= 4 is 28.9 Å². The van der Waals surface area contributed by atoms with Crippen LogP contribution in [0.3, 0.4) is 0 Å². The third-order valence-electron chi connectivity index (χ3n) is 6.26. The number of fused-ring (bicyclic) bond motifs is 2. The number of carbonyl (C=O) groups excluding carboxylic acids is 2. The van der Waals surface area contributed by atoms with E-state index in [1.807, 2.05) is 12.1 Å². The number of benzene rings is 2. The average Bonchev–Trinajstić information content (AvgIpc) is 3.47. The van der Waals surface area contributed by atoms with Crippen molar-refractivity contribution in [2.75, 3.05) is 25.5 Å². The van der Waals surface area contributed by atoms with Gasteiger partial charge in [0.15, 0.2) is 0 Å². The SMILES string of the molecule is COC(=O)[C@@H]1CCCN1CCc1ccc2c(c1)CO/C2=C1/C(=O)Nc2ccc(F)cc21. The van der Waals surface area contributed by atoms with Crippen LogP contribution in [0.2, 0.25) is 0 Å². The summed E-state index contributed by atoms with van der Waals surface area (Å²) >= 11 is 0. The summed E-state index contributed by atoms with van der Waals surface area (Å²) in [6, 6.07) is 10.2. The minimum absolute atomic E-state index is 0.152. The van der Waals surface area contributed by atoms with Crippen molar-refractivity contribution in [2.45, 2.75) is 31.9 Å². The Morgan fingerprint density at radius 1 is 1.26 bits per heavy atom. The van der Waals surface area contributed by atoms with Crippen LogP contribution in [0.15, 0.2) is 36.4 Å². The Morgan fingerprint density at radius 3 is 2.97 bits per heavy atom. The second-order valence-corrected chi connectivity index (χ2v) is 8.10. The van der Waals surface area contributed by atoms with Gasteiger partial charge in [-0.15, -0.1) is 0 Å². The van der Waals surface area contributed by atoms with Gasteiger partial charge < -0.3 is 14.8 Å². The van der Waals surface area contributed by atoms with Crippen LogP contribution in [0.1, 0.15) is 35.1 Å². The molecule has 2 aromatic carbocycles. The number of anilines is 1. The maximum Gasteiger partial charge on any atom is 0.323 e. The molecule has 0 bridgehead atoms. The molecule has 5 rings (SSSR count). The largest absolute Gasteiger partial charge is 0.487 e. The third-order valence-corrected chi connectivity index (χ3v) is 6.26. The number of ether oxygens (including phenoxy) is 2. The van der Waals surface area contributed by atoms with Gasteiger partial charge in [0.05, 0.1) is 12.7 Å². The molecule has 3 aliphatic heterocycles. The van der Waals surface area contributed by atoms with Crippen molar-refractivity contribution in [1.82, 2.24) is 4.90 Å². The molecule has 160 valence electrons. The van der Waals surface area contributed by atoms with Crippen LogP contribution in [0.4, 0.5) is 10.1 Å². The number of carbonyl (C=O) groups is 2. The summed E-state index contributed by atoms with van der Waals surface area (Å²) in [5, 5.41) is 2.78. The Hall–Kier alpha value is -3.19. The standard InChI is InChI=1S/C24H23FN2O4/c1-30-24(29)20-3-2-9-27(20)10-8-14-4-6-17-15(11-14)13-31-22(17)21-18-12-16(25)5-7-19(18)26-23(21)28/h4-7,11-12,20H,2-3,8-10,13H2,1H3,(H,26,28)/b22-21+/t20-/m0/s1. The molecule has 7 heteroatoms. The summed E-state index contributed by atoms with van der Waals surface area (Å²) in [6.07, 6.45) is 2.64. The lowest BCUT2D eigenvalue weighted by Crippen LogP contribution is -2.38. The van der Waals surface area contributed by atoms with E-state index in [2.05, 4.69) is 16.3 Å². The summed E-state index contributed by atoms with van der Waals surface area (Å²) in [5.74, 6) is -0.346. The normalized spacial score (nSPS) is 22.1. The van der Waals surface area contributed by atoms with Crippen LogP contribution in [0.5, 0.6) is 0 Å². The van der Waals surface area contributed by atoms with E-state index >= 15 is 0 Å². The van der Waals surface area contributed by atoms with Crippen molar-refractivity contribution in [2.24, 2.45) is 0 Å². The quantitative estimate of drug-likeness (QED) is 0.605. The van der Waals surface area contributed by atoms with Crippen molar-refractivity contribution in [3.63, 3.8) is 0 Å². The van der Waals surface area contributed by atoms with Crippen LogP contribution in [0, 0.1) is 5.82 Å². The molecule has 6 nitrogen and oxygen atoms in total. The summed E-state index contributed by atoms with van der Waals surface area (Å²) < 4.78 is 24.6. The molecule has 0 saturated carbocycles. The zero-order valence-corrected chi connectivity index (χ0v) is 17.2. The van der Waals surface area contributed by atoms with Crippen molar-refractivity contribution < 1.29 is 23.5 Å². The van der Waals surface area contributed by atoms with Crippen LogP contribution in [-0.2, 0) is 32.1 Å². The molecule has 0 aliphatic carbocycles. The Balaban J connectivity index is 1.38. The topological polar surface area (TPSA) is 67.9 Å². The molecule has 0 unspecified atom stereocenters. The van der Waals surface area contributed by atoms with Gasteiger partial charge in [-0.3, -0.25) is 14.5 Å². The molecule has 0 radical (unpaired) electrons. The zero-order chi connectivity index (χ0) is 21.5. The Bertz CT molecular complexity index is 1110. The summed E-state index contributed by atoms with van der Waals surface area (Å²) in [4.78, 5) is 26.7. The lowest BCUT2D eigenvalue weighted by molar-refractivity contribution is -0.145. The van der Waals surface area contributed by atoms with Crippen molar-refractivity contribution in [3.05, 3.63) is 64.5 Å². The zero-order valence-electron chi connectivity index (χ0n) is 17.2. The van der Waals surface area contributed by atoms with Gasteiger partial charge in [0.25, 0.3) is 5.91 Å². The maximum absolute atomic E-state index is 13.8. The molecule has 1 saturated heterocycles. The molecule has 0 aromatic heterocycles. The predicted octanol–water partition coefficient (Wildman–Crippen LogP) is 3.36. The highest BCUT2D eigenvalue weighted by Gasteiger charge is 2.33.